The molecule has 2 aliphatic carbocycles. The van der Waals surface area contributed by atoms with Crippen molar-refractivity contribution in [2.24, 2.45) is 28.7 Å². The van der Waals surface area contributed by atoms with E-state index in [9.17, 15) is 50.1 Å². The van der Waals surface area contributed by atoms with Crippen LogP contribution in [-0.4, -0.2) is 77.9 Å². The molecule has 0 radical (unpaired) electrons. The first-order chi connectivity index (χ1) is 24.1. The average molecular weight is 765 g/mol. The van der Waals surface area contributed by atoms with Crippen LogP contribution in [0.4, 0.5) is 0 Å². The van der Waals surface area contributed by atoms with Crippen molar-refractivity contribution >= 4 is 40.3 Å². The Morgan fingerprint density at radius 3 is 1.93 bits per heavy atom. The summed E-state index contributed by atoms with van der Waals surface area (Å²) in [6.45, 7) is 17.4. The van der Waals surface area contributed by atoms with Crippen molar-refractivity contribution < 1.29 is 109 Å². The van der Waals surface area contributed by atoms with Crippen molar-refractivity contribution in [2.45, 2.75) is 93.3 Å². The van der Waals surface area contributed by atoms with E-state index >= 15 is 0 Å². The van der Waals surface area contributed by atoms with Crippen LogP contribution in [0.5, 0.6) is 17.2 Å². The molecule has 12 nitrogen and oxygen atoms in total. The van der Waals surface area contributed by atoms with E-state index in [4.69, 9.17) is 0 Å². The molecule has 280 valence electrons. The molecule has 0 heterocycles. The average Bonchev–Trinajstić information content (AvgIpc) is 3.01. The first-order valence-corrected chi connectivity index (χ1v) is 17.4. The Bertz CT molecular complexity index is 2010. The minimum atomic E-state index is -1.54. The van der Waals surface area contributed by atoms with Crippen molar-refractivity contribution in [1.82, 2.24) is 5.32 Å². The largest absolute Gasteiger partial charge is 1.00 e. The molecule has 0 aliphatic heterocycles. The molecule has 0 saturated carbocycles. The zero-order valence-electron chi connectivity index (χ0n) is 33.2. The summed E-state index contributed by atoms with van der Waals surface area (Å²) >= 11 is 0. The Morgan fingerprint density at radius 1 is 0.852 bits per heavy atom. The number of hydrogen-bond donors (Lipinski definition) is 8. The zero-order chi connectivity index (χ0) is 39.3. The Balaban J connectivity index is 0.00000504. The number of aryl methyl sites for hydroxylation is 1. The van der Waals surface area contributed by atoms with Gasteiger partial charge in [-0.15, -0.1) is 0 Å². The molecule has 4 rings (SSSR count). The number of Topliss-reactive ketones (excluding diaryl/α,β-unsaturated/α-hetero) is 1. The number of carboxylic acids is 2. The smallest absolute Gasteiger partial charge is 0.511 e. The van der Waals surface area contributed by atoms with Gasteiger partial charge in [0, 0.05) is 45.6 Å². The van der Waals surface area contributed by atoms with Gasteiger partial charge in [-0.05, 0) is 65.2 Å². The Hall–Kier alpha value is -3.10. The van der Waals surface area contributed by atoms with Crippen molar-refractivity contribution in [2.75, 3.05) is 0 Å². The summed E-state index contributed by atoms with van der Waals surface area (Å²) < 4.78 is 0. The Labute approximate surface area is 360 Å². The number of fused-ring (bicyclic) bond motifs is 2. The number of carbonyl (C=O) groups is 3. The number of hydrogen-bond acceptors (Lipinski definition) is 10. The van der Waals surface area contributed by atoms with Crippen LogP contribution in [0, 0.1) is 30.6 Å². The van der Waals surface area contributed by atoms with Crippen molar-refractivity contribution in [3.05, 3.63) is 68.6 Å². The van der Waals surface area contributed by atoms with E-state index in [1.54, 1.807) is 67.5 Å². The summed E-state index contributed by atoms with van der Waals surface area (Å²) in [7, 11) is 0. The standard InChI is InChI=1S/C40H50N2O10.2Na/c1-15(2)25-21-11-19(9)27(35(45)29(21)23(33(43)37(25)47)13-41-31(17(5)6)39(49)50)28-20(10)12-22-26(16(3)4)38(48)34(44)24(30(22)36(28)46)14-42-32(18(7)8)40(51)52;;/h11-18,29,31-32,37,41,44-48H,1-10H3,(H,49,50)(H,51,52);;/q;2*+1/b23-13-,42-14?;;/t29?,31-,32+,37?;;/m1../s1. The van der Waals surface area contributed by atoms with Crippen LogP contribution in [-0.2, 0) is 14.4 Å². The second-order valence-corrected chi connectivity index (χ2v) is 15.0. The molecule has 8 N–H and O–H groups in total. The molecule has 2 aromatic rings. The molecule has 2 unspecified atom stereocenters. The fourth-order valence-corrected chi connectivity index (χ4v) is 7.39. The summed E-state index contributed by atoms with van der Waals surface area (Å²) in [4.78, 5) is 42.0. The van der Waals surface area contributed by atoms with Crippen LogP contribution in [0.1, 0.15) is 90.5 Å². The SMILES string of the molecule is CC1=CC2=C(C(C)C)C(O)C(=O)/C(=C\N[C@@H](C(=O)O)C(C)C)C2C(O)=C1c1c(C)cc2c(C(C)C)c(O)c(O)c(C=N[C@H](C(=O)O)C(C)C)c2c1O.[Na+].[Na+]. The number of aliphatic hydroxyl groups excluding tert-OH is 2. The maximum Gasteiger partial charge on any atom is 1.00 e. The van der Waals surface area contributed by atoms with Gasteiger partial charge in [-0.25, -0.2) is 9.59 Å². The van der Waals surface area contributed by atoms with Crippen LogP contribution in [0.25, 0.3) is 16.3 Å². The van der Waals surface area contributed by atoms with E-state index in [0.717, 1.165) is 6.21 Å². The zero-order valence-corrected chi connectivity index (χ0v) is 37.2. The molecule has 0 aromatic heterocycles. The molecule has 4 atom stereocenters. The van der Waals surface area contributed by atoms with Gasteiger partial charge >= 0.3 is 71.1 Å². The van der Waals surface area contributed by atoms with E-state index in [1.165, 1.54) is 6.20 Å². The van der Waals surface area contributed by atoms with Gasteiger partial charge in [-0.1, -0.05) is 67.5 Å². The van der Waals surface area contributed by atoms with Gasteiger partial charge in [0.15, 0.2) is 17.3 Å². The van der Waals surface area contributed by atoms with Crippen LogP contribution in [0.3, 0.4) is 0 Å². The number of allylic oxidation sites excluding steroid dienone is 4. The van der Waals surface area contributed by atoms with Gasteiger partial charge in [0.1, 0.15) is 29.7 Å². The number of aliphatic hydroxyl groups is 2. The van der Waals surface area contributed by atoms with Gasteiger partial charge in [0.25, 0.3) is 0 Å². The molecular formula is C40H50N2Na2O10+2. The molecule has 0 bridgehead atoms. The number of carboxylic acid groups (broad SMARTS) is 2. The third-order valence-electron chi connectivity index (χ3n) is 9.92. The molecule has 0 amide bonds. The minimum Gasteiger partial charge on any atom is -0.511 e. The fourth-order valence-electron chi connectivity index (χ4n) is 7.39. The quantitative estimate of drug-likeness (QED) is 0.0672. The summed E-state index contributed by atoms with van der Waals surface area (Å²) in [5, 5.41) is 81.0. The number of ketones is 1. The predicted octanol–water partition coefficient (Wildman–Crippen LogP) is 0.249. The van der Waals surface area contributed by atoms with Gasteiger partial charge in [-0.2, -0.15) is 0 Å². The third kappa shape index (κ3) is 8.50. The van der Waals surface area contributed by atoms with Gasteiger partial charge in [-0.3, -0.25) is 9.79 Å². The van der Waals surface area contributed by atoms with Gasteiger partial charge in [0.2, 0.25) is 0 Å². The first-order valence-electron chi connectivity index (χ1n) is 17.4. The second-order valence-electron chi connectivity index (χ2n) is 15.0. The molecule has 0 spiro atoms. The van der Waals surface area contributed by atoms with Crippen LogP contribution >= 0.6 is 0 Å². The summed E-state index contributed by atoms with van der Waals surface area (Å²) in [5.41, 5.74) is 2.25. The molecule has 54 heavy (non-hydrogen) atoms. The second kappa shape index (κ2) is 18.2. The molecule has 2 aromatic carbocycles. The van der Waals surface area contributed by atoms with E-state index in [-0.39, 0.29) is 110 Å². The monoisotopic (exact) mass is 764 g/mol. The number of benzene rings is 2. The number of phenolic OH excluding ortho intramolecular Hbond substituents is 3. The number of aliphatic imine (C=N–C) groups is 1. The maximum absolute atomic E-state index is 13.8. The maximum atomic E-state index is 13.8. The summed E-state index contributed by atoms with van der Waals surface area (Å²) in [6.07, 6.45) is 2.55. The van der Waals surface area contributed by atoms with Crippen LogP contribution in [0.15, 0.2) is 51.4 Å². The molecule has 0 saturated heterocycles. The van der Waals surface area contributed by atoms with E-state index in [1.807, 2.05) is 13.8 Å². The summed E-state index contributed by atoms with van der Waals surface area (Å²) in [5.74, 6) is -7.43. The fraction of sp³-hybridized carbons (Fsp3) is 0.450. The molecular weight excluding hydrogens is 714 g/mol. The normalized spacial score (nSPS) is 19.4. The number of aromatic hydroxyl groups is 3. The number of carbonyl (C=O) groups excluding carboxylic acids is 1. The van der Waals surface area contributed by atoms with Crippen LogP contribution in [0.2, 0.25) is 0 Å². The van der Waals surface area contributed by atoms with E-state index < -0.39 is 65.0 Å². The topological polar surface area (TPSA) is 217 Å². The Kier molecular flexibility index (Phi) is 15.9. The third-order valence-corrected chi connectivity index (χ3v) is 9.92. The van der Waals surface area contributed by atoms with Crippen molar-refractivity contribution in [3.63, 3.8) is 0 Å². The van der Waals surface area contributed by atoms with Crippen molar-refractivity contribution in [3.8, 4) is 17.2 Å². The minimum absolute atomic E-state index is 0. The predicted molar refractivity (Wildman–Crippen MR) is 199 cm³/mol. The number of aliphatic carboxylic acids is 2. The van der Waals surface area contributed by atoms with Crippen molar-refractivity contribution in [1.29, 1.82) is 0 Å². The van der Waals surface area contributed by atoms with Crippen LogP contribution < -0.4 is 64.4 Å². The number of nitrogens with one attached hydrogen (secondary N) is 1. The van der Waals surface area contributed by atoms with E-state index in [0.29, 0.717) is 33.2 Å². The number of phenols is 3. The van der Waals surface area contributed by atoms with E-state index in [2.05, 4.69) is 10.3 Å². The van der Waals surface area contributed by atoms with Gasteiger partial charge < -0.3 is 41.1 Å². The molecule has 2 aliphatic rings. The van der Waals surface area contributed by atoms with Gasteiger partial charge in [0.05, 0.1) is 5.92 Å². The first kappa shape index (κ1) is 47.1. The summed E-state index contributed by atoms with van der Waals surface area (Å²) in [6, 6.07) is -0.580. The molecule has 0 fully saturated rings. The Morgan fingerprint density at radius 2 is 1.44 bits per heavy atom. The number of rotatable bonds is 11. The molecule has 14 heteroatoms. The number of nitrogens with zero attached hydrogens (tertiary/aromatic N) is 1.